The number of carbonyl (C=O) groups excluding carboxylic acids is 1. The predicted molar refractivity (Wildman–Crippen MR) is 91.3 cm³/mol. The van der Waals surface area contributed by atoms with Gasteiger partial charge in [0.1, 0.15) is 0 Å². The van der Waals surface area contributed by atoms with Crippen LogP contribution in [0, 0.1) is 13.8 Å². The van der Waals surface area contributed by atoms with E-state index < -0.39 is 0 Å². The molecule has 120 valence electrons. The van der Waals surface area contributed by atoms with Gasteiger partial charge in [0.05, 0.1) is 20.1 Å². The van der Waals surface area contributed by atoms with Gasteiger partial charge in [-0.25, -0.2) is 0 Å². The van der Waals surface area contributed by atoms with Gasteiger partial charge in [0.2, 0.25) is 0 Å². The predicted octanol–water partition coefficient (Wildman–Crippen LogP) is 4.06. The van der Waals surface area contributed by atoms with Crippen molar-refractivity contribution in [1.29, 1.82) is 0 Å². The number of carbonyl (C=O) groups is 1. The second kappa shape index (κ2) is 5.54. The lowest BCUT2D eigenvalue weighted by atomic mass is 10.0. The maximum absolute atomic E-state index is 13.0. The Labute approximate surface area is 138 Å². The molecule has 0 bridgehead atoms. The second-order valence-corrected chi connectivity index (χ2v) is 7.74. The highest BCUT2D eigenvalue weighted by molar-refractivity contribution is 6.30. The van der Waals surface area contributed by atoms with E-state index in [4.69, 9.17) is 11.6 Å². The topological polar surface area (TPSA) is 29.1 Å². The molecular formula is C18H26ClN2O+. The van der Waals surface area contributed by atoms with Crippen molar-refractivity contribution >= 4 is 23.2 Å². The number of nitrogens with one attached hydrogen (secondary N) is 1. The number of quaternary nitrogens is 1. The number of piperidine rings is 1. The average molecular weight is 322 g/mol. The molecule has 1 aliphatic heterocycles. The fourth-order valence-electron chi connectivity index (χ4n) is 4.11. The van der Waals surface area contributed by atoms with E-state index in [-0.39, 0.29) is 11.4 Å². The van der Waals surface area contributed by atoms with Crippen molar-refractivity contribution in [2.24, 2.45) is 0 Å². The number of benzene rings is 1. The molecule has 0 unspecified atom stereocenters. The van der Waals surface area contributed by atoms with Gasteiger partial charge >= 0.3 is 0 Å². The largest absolute Gasteiger partial charge is 0.320 e. The number of halogens is 1. The fourth-order valence-corrected chi connectivity index (χ4v) is 4.43. The molecule has 1 aromatic carbocycles. The van der Waals surface area contributed by atoms with Crippen LogP contribution in [0.2, 0.25) is 5.02 Å². The molecule has 0 atom stereocenters. The van der Waals surface area contributed by atoms with Crippen molar-refractivity contribution in [1.82, 2.24) is 0 Å². The number of likely N-dealkylation sites (N-methyl/N-ethyl adjacent to an activating group) is 1. The summed E-state index contributed by atoms with van der Waals surface area (Å²) in [6.07, 6.45) is 5.82. The molecule has 0 aromatic heterocycles. The maximum Gasteiger partial charge on any atom is 0.285 e. The van der Waals surface area contributed by atoms with Gasteiger partial charge in [0.25, 0.3) is 5.91 Å². The average Bonchev–Trinajstić information content (AvgIpc) is 3.25. The molecule has 1 amide bonds. The summed E-state index contributed by atoms with van der Waals surface area (Å²) in [6, 6.07) is 3.84. The molecular weight excluding hydrogens is 296 g/mol. The molecule has 3 rings (SSSR count). The smallest absolute Gasteiger partial charge is 0.285 e. The van der Waals surface area contributed by atoms with Crippen LogP contribution < -0.4 is 5.32 Å². The molecule has 4 heteroatoms. The number of nitrogens with zero attached hydrogens (tertiary/aromatic N) is 1. The minimum Gasteiger partial charge on any atom is -0.320 e. The molecule has 1 N–H and O–H groups in total. The minimum absolute atomic E-state index is 0.195. The molecule has 1 saturated carbocycles. The third kappa shape index (κ3) is 2.55. The molecule has 1 aromatic rings. The Balaban J connectivity index is 1.83. The van der Waals surface area contributed by atoms with Crippen molar-refractivity contribution in [2.75, 3.05) is 25.5 Å². The normalized spacial score (nSPS) is 22.2. The highest BCUT2D eigenvalue weighted by Gasteiger charge is 2.64. The van der Waals surface area contributed by atoms with Crippen molar-refractivity contribution in [3.05, 3.63) is 28.3 Å². The van der Waals surface area contributed by atoms with Crippen LogP contribution in [-0.2, 0) is 4.79 Å². The van der Waals surface area contributed by atoms with E-state index in [1.54, 1.807) is 0 Å². The maximum atomic E-state index is 13.0. The molecule has 1 saturated heterocycles. The first-order valence-corrected chi connectivity index (χ1v) is 8.69. The van der Waals surface area contributed by atoms with Crippen LogP contribution in [0.25, 0.3) is 0 Å². The van der Waals surface area contributed by atoms with E-state index in [1.165, 1.54) is 19.3 Å². The minimum atomic E-state index is -0.195. The highest BCUT2D eigenvalue weighted by atomic mass is 35.5. The van der Waals surface area contributed by atoms with E-state index in [9.17, 15) is 4.79 Å². The number of anilines is 1. The summed E-state index contributed by atoms with van der Waals surface area (Å²) in [6.45, 7) is 6.27. The zero-order valence-electron chi connectivity index (χ0n) is 13.8. The van der Waals surface area contributed by atoms with Gasteiger partial charge in [-0.05, 0) is 56.4 Å². The molecule has 0 spiro atoms. The van der Waals surface area contributed by atoms with Gasteiger partial charge in [-0.3, -0.25) is 4.79 Å². The lowest BCUT2D eigenvalue weighted by Gasteiger charge is -2.44. The Morgan fingerprint density at radius 3 is 2.18 bits per heavy atom. The van der Waals surface area contributed by atoms with Gasteiger partial charge in [-0.15, -0.1) is 0 Å². The van der Waals surface area contributed by atoms with Gasteiger partial charge in [0.15, 0.2) is 5.54 Å². The number of amides is 1. The monoisotopic (exact) mass is 321 g/mol. The third-order valence-electron chi connectivity index (χ3n) is 5.72. The van der Waals surface area contributed by atoms with Crippen LogP contribution in [0.1, 0.15) is 43.2 Å². The van der Waals surface area contributed by atoms with Gasteiger partial charge in [0, 0.05) is 23.6 Å². The number of rotatable bonds is 3. The van der Waals surface area contributed by atoms with Crippen LogP contribution in [-0.4, -0.2) is 36.1 Å². The first kappa shape index (κ1) is 15.8. The fraction of sp³-hybridized carbons (Fsp3) is 0.611. The zero-order valence-corrected chi connectivity index (χ0v) is 14.6. The van der Waals surface area contributed by atoms with Crippen LogP contribution in [0.4, 0.5) is 5.69 Å². The standard InChI is InChI=1S/C18H25ClN2O/c1-13-11-15(19)12-14(2)16(13)20-17(22)18(7-8-18)21(3)9-5-4-6-10-21/h11-12H,4-10H2,1-3H3/p+1. The molecule has 1 heterocycles. The van der Waals surface area contributed by atoms with Gasteiger partial charge in [-0.1, -0.05) is 11.6 Å². The zero-order chi connectivity index (χ0) is 16.0. The highest BCUT2D eigenvalue weighted by Crippen LogP contribution is 2.48. The SMILES string of the molecule is Cc1cc(Cl)cc(C)c1NC(=O)C1([N+]2(C)CCCCC2)CC1. The number of hydrogen-bond acceptors (Lipinski definition) is 1. The molecule has 2 fully saturated rings. The van der Waals surface area contributed by atoms with Crippen molar-refractivity contribution in [3.63, 3.8) is 0 Å². The summed E-state index contributed by atoms with van der Waals surface area (Å²) >= 11 is 6.09. The summed E-state index contributed by atoms with van der Waals surface area (Å²) in [5.41, 5.74) is 2.81. The van der Waals surface area contributed by atoms with Crippen molar-refractivity contribution in [3.8, 4) is 0 Å². The lowest BCUT2D eigenvalue weighted by molar-refractivity contribution is -0.938. The van der Waals surface area contributed by atoms with E-state index >= 15 is 0 Å². The summed E-state index contributed by atoms with van der Waals surface area (Å²) in [5, 5.41) is 3.94. The molecule has 1 aliphatic carbocycles. The molecule has 3 nitrogen and oxygen atoms in total. The molecule has 2 aliphatic rings. The summed E-state index contributed by atoms with van der Waals surface area (Å²) in [5.74, 6) is 0.199. The summed E-state index contributed by atoms with van der Waals surface area (Å²) in [7, 11) is 2.27. The van der Waals surface area contributed by atoms with Gasteiger partial charge in [-0.2, -0.15) is 0 Å². The first-order valence-electron chi connectivity index (χ1n) is 8.31. The Hall–Kier alpha value is -1.06. The number of likely N-dealkylation sites (tertiary alicyclic amines) is 1. The van der Waals surface area contributed by atoms with Crippen molar-refractivity contribution in [2.45, 2.75) is 51.5 Å². The van der Waals surface area contributed by atoms with E-state index in [0.717, 1.165) is 52.3 Å². The van der Waals surface area contributed by atoms with E-state index in [1.807, 2.05) is 26.0 Å². The molecule has 0 radical (unpaired) electrons. The second-order valence-electron chi connectivity index (χ2n) is 7.30. The summed E-state index contributed by atoms with van der Waals surface area (Å²) in [4.78, 5) is 13.0. The molecule has 22 heavy (non-hydrogen) atoms. The quantitative estimate of drug-likeness (QED) is 0.836. The Bertz CT molecular complexity index is 578. The third-order valence-corrected chi connectivity index (χ3v) is 5.94. The van der Waals surface area contributed by atoms with E-state index in [2.05, 4.69) is 12.4 Å². The van der Waals surface area contributed by atoms with Crippen LogP contribution in [0.15, 0.2) is 12.1 Å². The Morgan fingerprint density at radius 2 is 1.68 bits per heavy atom. The van der Waals surface area contributed by atoms with Crippen molar-refractivity contribution < 1.29 is 9.28 Å². The van der Waals surface area contributed by atoms with Gasteiger partial charge < -0.3 is 9.80 Å². The Kier molecular flexibility index (Phi) is 3.98. The first-order chi connectivity index (χ1) is 10.4. The lowest BCUT2D eigenvalue weighted by Crippen LogP contribution is -2.61. The number of aryl methyl sites for hydroxylation is 2. The van der Waals surface area contributed by atoms with E-state index in [0.29, 0.717) is 0 Å². The van der Waals surface area contributed by atoms with Crippen LogP contribution in [0.3, 0.4) is 0 Å². The van der Waals surface area contributed by atoms with Crippen LogP contribution >= 0.6 is 11.6 Å². The Morgan fingerprint density at radius 1 is 1.14 bits per heavy atom. The summed E-state index contributed by atoms with van der Waals surface area (Å²) < 4.78 is 0.921. The van der Waals surface area contributed by atoms with Crippen LogP contribution in [0.5, 0.6) is 0 Å². The number of hydrogen-bond donors (Lipinski definition) is 1.